The molecule has 18 heteroatoms. The van der Waals surface area contributed by atoms with Crippen LogP contribution in [0.3, 0.4) is 0 Å². The molecule has 3 amide bonds. The highest BCUT2D eigenvalue weighted by atomic mass is 16.6. The van der Waals surface area contributed by atoms with Crippen LogP contribution in [-0.4, -0.2) is 113 Å². The Bertz CT molecular complexity index is 2560. The molecule has 0 spiro atoms. The smallest absolute Gasteiger partial charge is 0.408 e. The molecule has 0 radical (unpaired) electrons. The van der Waals surface area contributed by atoms with Crippen molar-refractivity contribution >= 4 is 46.9 Å². The van der Waals surface area contributed by atoms with Gasteiger partial charge >= 0.3 is 12.1 Å². The number of anilines is 1. The summed E-state index contributed by atoms with van der Waals surface area (Å²) in [6.07, 6.45) is 1.26. The summed E-state index contributed by atoms with van der Waals surface area (Å²) in [5.74, 6) is -1.05. The Balaban J connectivity index is 0.00000227. The van der Waals surface area contributed by atoms with E-state index in [1.165, 1.54) is 7.11 Å². The number of carbonyl (C=O) groups is 5. The predicted molar refractivity (Wildman–Crippen MR) is 239 cm³/mol. The molecule has 1 saturated heterocycles. The van der Waals surface area contributed by atoms with Crippen LogP contribution in [-0.2, 0) is 55.7 Å². The number of hydrogen-bond acceptors (Lipinski definition) is 13. The van der Waals surface area contributed by atoms with Crippen LogP contribution in [0.2, 0.25) is 0 Å². The van der Waals surface area contributed by atoms with E-state index in [1.807, 2.05) is 30.3 Å². The van der Waals surface area contributed by atoms with Crippen molar-refractivity contribution in [2.45, 2.75) is 103 Å². The van der Waals surface area contributed by atoms with Gasteiger partial charge in [-0.15, -0.1) is 0 Å². The molecule has 3 aliphatic rings. The third-order valence-electron chi connectivity index (χ3n) is 12.5. The lowest BCUT2D eigenvalue weighted by molar-refractivity contribution is -0.929. The fourth-order valence-electron chi connectivity index (χ4n) is 8.94. The molecule has 2 atom stereocenters. The van der Waals surface area contributed by atoms with Gasteiger partial charge in [0.25, 0.3) is 11.5 Å². The van der Waals surface area contributed by atoms with Crippen LogP contribution in [0.15, 0.2) is 47.3 Å². The molecule has 348 valence electrons. The summed E-state index contributed by atoms with van der Waals surface area (Å²) in [5.41, 5.74) is 3.10. The predicted octanol–water partition coefficient (Wildman–Crippen LogP) is 2.91. The summed E-state index contributed by atoms with van der Waals surface area (Å²) in [7, 11) is 7.57. The topological polar surface area (TPSA) is 231 Å². The molecule has 3 aliphatic heterocycles. The number of likely N-dealkylation sites (tertiary alicyclic amines) is 1. The van der Waals surface area contributed by atoms with Gasteiger partial charge in [0.15, 0.2) is 5.60 Å². The van der Waals surface area contributed by atoms with Crippen molar-refractivity contribution in [3.05, 3.63) is 86.2 Å². The standard InChI is InChI=1S/C46H57N7O9.CH2O2/c1-10-46(59)35-21-37-39-33(23-52(37)42(56)34(35)25-61-43(46)57)32(30-20-38(60-9)31(41(55)47-6)19-36(30)50-39)22-51-17-15-29(16-18-51)53(7,8)24-27-11-13-28(14-12-27)49-40(54)26(2)48-44(58)62-45(3,4)5;2-1-3/h11-14,19-21,26,29,59H,10,15-18,22-25H2,1-9H3,(H2-,47,48,49,54,55,58);1H,(H,2,3)/t26-,46-;/m0./s1. The molecule has 0 unspecified atom stereocenters. The van der Waals surface area contributed by atoms with Crippen LogP contribution >= 0.6 is 0 Å². The molecule has 0 aliphatic carbocycles. The van der Waals surface area contributed by atoms with Crippen molar-refractivity contribution < 1.29 is 52.9 Å². The second-order valence-corrected chi connectivity index (χ2v) is 18.3. The zero-order chi connectivity index (χ0) is 47.6. The van der Waals surface area contributed by atoms with Gasteiger partial charge in [0.2, 0.25) is 5.91 Å². The van der Waals surface area contributed by atoms with Crippen molar-refractivity contribution in [2.75, 3.05) is 46.7 Å². The van der Waals surface area contributed by atoms with E-state index < -0.39 is 35.8 Å². The minimum Gasteiger partial charge on any atom is -0.554 e. The van der Waals surface area contributed by atoms with Crippen LogP contribution in [0.25, 0.3) is 22.3 Å². The molecule has 7 rings (SSSR count). The fourth-order valence-corrected chi connectivity index (χ4v) is 8.94. The number of quaternary nitrogens is 1. The number of benzene rings is 2. The first-order valence-corrected chi connectivity index (χ1v) is 21.6. The lowest BCUT2D eigenvalue weighted by Gasteiger charge is -2.43. The summed E-state index contributed by atoms with van der Waals surface area (Å²) >= 11 is 0. The van der Waals surface area contributed by atoms with Gasteiger partial charge in [0.05, 0.1) is 61.8 Å². The van der Waals surface area contributed by atoms with Gasteiger partial charge in [0, 0.05) is 73.8 Å². The number of methoxy groups -OCH3 is 1. The molecule has 4 aromatic rings. The third-order valence-corrected chi connectivity index (χ3v) is 12.5. The lowest BCUT2D eigenvalue weighted by Crippen LogP contribution is -2.53. The Hall–Kier alpha value is -6.37. The number of carbonyl (C=O) groups excluding carboxylic acids is 5. The van der Waals surface area contributed by atoms with Crippen molar-refractivity contribution in [2.24, 2.45) is 0 Å². The fraction of sp³-hybridized carbons (Fsp3) is 0.468. The van der Waals surface area contributed by atoms with Crippen LogP contribution < -0.4 is 31.4 Å². The van der Waals surface area contributed by atoms with Gasteiger partial charge in [-0.2, -0.15) is 0 Å². The van der Waals surface area contributed by atoms with E-state index in [0.717, 1.165) is 59.0 Å². The summed E-state index contributed by atoms with van der Waals surface area (Å²) in [6, 6.07) is 12.6. The number of carboxylic acid groups (broad SMARTS) is 1. The number of hydrogen-bond donors (Lipinski definition) is 4. The maximum atomic E-state index is 14.1. The Kier molecular flexibility index (Phi) is 14.1. The SMILES string of the molecule is CC[C@@]1(O)C(=O)OCc2c1cc1n(c2=O)Cc2c-1nc1cc(C(=O)NC)c(OC)cc1c2CN1CCC([N+](C)(C)Cc2ccc(NC(=O)[C@H](C)NC(=O)OC(C)(C)C)cc2)CC1.O=C[O-]. The van der Waals surface area contributed by atoms with Crippen LogP contribution in [0.4, 0.5) is 10.5 Å². The number of rotatable bonds is 11. The molecular weight excluding hydrogens is 839 g/mol. The summed E-state index contributed by atoms with van der Waals surface area (Å²) in [6.45, 7) is 11.1. The zero-order valence-electron chi connectivity index (χ0n) is 38.5. The highest BCUT2D eigenvalue weighted by molar-refractivity contribution is 6.02. The second-order valence-electron chi connectivity index (χ2n) is 18.3. The van der Waals surface area contributed by atoms with Gasteiger partial charge in [-0.25, -0.2) is 14.6 Å². The molecule has 2 aromatic heterocycles. The highest BCUT2D eigenvalue weighted by Crippen LogP contribution is 2.42. The summed E-state index contributed by atoms with van der Waals surface area (Å²) in [5, 5.41) is 28.6. The number of pyridine rings is 2. The Morgan fingerprint density at radius 3 is 2.35 bits per heavy atom. The monoisotopic (exact) mass is 897 g/mol. The van der Waals surface area contributed by atoms with Crippen molar-refractivity contribution in [1.29, 1.82) is 0 Å². The van der Waals surface area contributed by atoms with E-state index in [-0.39, 0.29) is 48.1 Å². The van der Waals surface area contributed by atoms with Crippen molar-refractivity contribution in [1.82, 2.24) is 25.1 Å². The van der Waals surface area contributed by atoms with Gasteiger partial charge in [-0.3, -0.25) is 19.3 Å². The second kappa shape index (κ2) is 19.0. The van der Waals surface area contributed by atoms with Gasteiger partial charge in [0.1, 0.15) is 30.5 Å². The molecular formula is C47H59N7O11. The van der Waals surface area contributed by atoms with Crippen LogP contribution in [0, 0.1) is 0 Å². The maximum Gasteiger partial charge on any atom is 0.408 e. The van der Waals surface area contributed by atoms with E-state index in [9.17, 15) is 29.1 Å². The Morgan fingerprint density at radius 2 is 1.75 bits per heavy atom. The molecule has 5 heterocycles. The van der Waals surface area contributed by atoms with E-state index in [4.69, 9.17) is 29.1 Å². The first-order valence-electron chi connectivity index (χ1n) is 21.6. The molecule has 1 fully saturated rings. The van der Waals surface area contributed by atoms with Crippen LogP contribution in [0.5, 0.6) is 5.75 Å². The van der Waals surface area contributed by atoms with Crippen LogP contribution in [0.1, 0.15) is 92.1 Å². The van der Waals surface area contributed by atoms with E-state index in [1.54, 1.807) is 58.4 Å². The normalized spacial score (nSPS) is 17.6. The number of fused-ring (bicyclic) bond motifs is 5. The number of piperidine rings is 1. The Morgan fingerprint density at radius 1 is 1.09 bits per heavy atom. The number of amides is 3. The first-order chi connectivity index (χ1) is 30.7. The maximum absolute atomic E-state index is 14.1. The third kappa shape index (κ3) is 9.99. The molecule has 4 N–H and O–H groups in total. The number of nitrogens with one attached hydrogen (secondary N) is 3. The number of esters is 1. The van der Waals surface area contributed by atoms with Crippen molar-refractivity contribution in [3.63, 3.8) is 0 Å². The van der Waals surface area contributed by atoms with Gasteiger partial charge in [-0.1, -0.05) is 19.1 Å². The molecule has 0 saturated carbocycles. The summed E-state index contributed by atoms with van der Waals surface area (Å²) < 4.78 is 18.7. The van der Waals surface area contributed by atoms with E-state index >= 15 is 0 Å². The zero-order valence-corrected chi connectivity index (χ0v) is 38.5. The quantitative estimate of drug-likeness (QED) is 0.0851. The number of aliphatic hydroxyl groups is 1. The van der Waals surface area contributed by atoms with Gasteiger partial charge < -0.3 is 54.2 Å². The summed E-state index contributed by atoms with van der Waals surface area (Å²) in [4.78, 5) is 80.6. The molecule has 2 aromatic carbocycles. The minimum absolute atomic E-state index is 0.0368. The Labute approximate surface area is 377 Å². The van der Waals surface area contributed by atoms with E-state index in [2.05, 4.69) is 34.9 Å². The number of alkyl carbamates (subject to hydrolysis) is 1. The number of aromatic nitrogens is 2. The minimum atomic E-state index is -1.95. The molecule has 0 bridgehead atoms. The number of cyclic esters (lactones) is 1. The number of ether oxygens (including phenoxy) is 3. The average Bonchev–Trinajstić information content (AvgIpc) is 3.63. The average molecular weight is 898 g/mol. The molecule has 18 nitrogen and oxygen atoms in total. The van der Waals surface area contributed by atoms with Crippen molar-refractivity contribution in [3.8, 4) is 17.1 Å². The van der Waals surface area contributed by atoms with Gasteiger partial charge in [-0.05, 0) is 70.0 Å². The number of nitrogens with zero attached hydrogens (tertiary/aromatic N) is 4. The molecule has 65 heavy (non-hydrogen) atoms. The highest BCUT2D eigenvalue weighted by Gasteiger charge is 2.46. The lowest BCUT2D eigenvalue weighted by atomic mass is 9.86. The van der Waals surface area contributed by atoms with E-state index in [0.29, 0.717) is 46.5 Å². The first kappa shape index (κ1) is 48.1. The largest absolute Gasteiger partial charge is 0.554 e.